The number of nitrogen functional groups attached to an aromatic ring is 1. The second kappa shape index (κ2) is 7.03. The van der Waals surface area contributed by atoms with E-state index >= 15 is 0 Å². The Morgan fingerprint density at radius 2 is 1.90 bits per heavy atom. The fraction of sp³-hybridized carbons (Fsp3) is 0.0909. The molecule has 3 N–H and O–H groups in total. The first-order valence-electron chi connectivity index (χ1n) is 9.33. The van der Waals surface area contributed by atoms with Crippen LogP contribution in [0.25, 0.3) is 33.2 Å². The van der Waals surface area contributed by atoms with Crippen molar-refractivity contribution < 1.29 is 4.39 Å². The van der Waals surface area contributed by atoms with Crippen LogP contribution in [-0.2, 0) is 0 Å². The summed E-state index contributed by atoms with van der Waals surface area (Å²) in [6, 6.07) is 13.9. The number of benzene rings is 2. The number of pyridine rings is 1. The van der Waals surface area contributed by atoms with Crippen LogP contribution >= 0.6 is 11.6 Å². The van der Waals surface area contributed by atoms with E-state index in [4.69, 9.17) is 22.3 Å². The van der Waals surface area contributed by atoms with Crippen LogP contribution in [0.2, 0.25) is 5.02 Å². The summed E-state index contributed by atoms with van der Waals surface area (Å²) in [6.07, 6.45) is 1.53. The van der Waals surface area contributed by atoms with E-state index in [1.54, 1.807) is 12.1 Å². The average molecular weight is 419 g/mol. The molecule has 0 saturated heterocycles. The molecule has 30 heavy (non-hydrogen) atoms. The first kappa shape index (κ1) is 18.4. The van der Waals surface area contributed by atoms with Crippen LogP contribution in [0.5, 0.6) is 0 Å². The van der Waals surface area contributed by atoms with Crippen molar-refractivity contribution in [2.24, 2.45) is 0 Å². The normalized spacial score (nSPS) is 12.5. The molecule has 0 fully saturated rings. The highest BCUT2D eigenvalue weighted by Crippen LogP contribution is 2.36. The van der Waals surface area contributed by atoms with Gasteiger partial charge in [0, 0.05) is 16.0 Å². The molecule has 0 saturated carbocycles. The van der Waals surface area contributed by atoms with Crippen molar-refractivity contribution >= 4 is 39.5 Å². The molecule has 6 nitrogen and oxygen atoms in total. The number of hydrogen-bond acceptors (Lipinski definition) is 5. The van der Waals surface area contributed by atoms with Gasteiger partial charge in [0.15, 0.2) is 11.5 Å². The highest BCUT2D eigenvalue weighted by atomic mass is 35.5. The van der Waals surface area contributed by atoms with Crippen molar-refractivity contribution in [2.75, 3.05) is 5.73 Å². The Labute approximate surface area is 176 Å². The van der Waals surface area contributed by atoms with Gasteiger partial charge in [0.05, 0.1) is 23.5 Å². The zero-order chi connectivity index (χ0) is 20.8. The molecule has 2 aromatic carbocycles. The van der Waals surface area contributed by atoms with Gasteiger partial charge in [0.1, 0.15) is 17.2 Å². The third-order valence-corrected chi connectivity index (χ3v) is 5.43. The van der Waals surface area contributed by atoms with E-state index in [-0.39, 0.29) is 11.7 Å². The number of fused-ring (bicyclic) bond motifs is 2. The SMILES string of the molecule is C[C@@H](c1nc(N)c2[nH]cnc2n1)c1nc2cccc(Cl)c2cc1-c1cccc(F)c1. The average Bonchev–Trinajstić information content (AvgIpc) is 3.22. The lowest BCUT2D eigenvalue weighted by Gasteiger charge is -2.17. The Kier molecular flexibility index (Phi) is 4.33. The fourth-order valence-corrected chi connectivity index (χ4v) is 3.80. The van der Waals surface area contributed by atoms with Crippen LogP contribution in [-0.4, -0.2) is 24.9 Å². The van der Waals surface area contributed by atoms with Gasteiger partial charge in [-0.15, -0.1) is 0 Å². The molecule has 0 aliphatic heterocycles. The summed E-state index contributed by atoms with van der Waals surface area (Å²) in [5.41, 5.74) is 10.0. The van der Waals surface area contributed by atoms with Crippen molar-refractivity contribution in [2.45, 2.75) is 12.8 Å². The zero-order valence-electron chi connectivity index (χ0n) is 15.9. The van der Waals surface area contributed by atoms with Crippen LogP contribution in [0, 0.1) is 5.82 Å². The number of imidazole rings is 1. The summed E-state index contributed by atoms with van der Waals surface area (Å²) in [5, 5.41) is 1.37. The molecule has 148 valence electrons. The highest BCUT2D eigenvalue weighted by molar-refractivity contribution is 6.35. The Morgan fingerprint density at radius 1 is 1.07 bits per heavy atom. The molecule has 8 heteroatoms. The van der Waals surface area contributed by atoms with Crippen molar-refractivity contribution in [1.29, 1.82) is 0 Å². The number of nitrogens with zero attached hydrogens (tertiary/aromatic N) is 4. The summed E-state index contributed by atoms with van der Waals surface area (Å²) >= 11 is 6.40. The minimum atomic E-state index is -0.330. The number of aromatic amines is 1. The number of nitrogens with two attached hydrogens (primary N) is 1. The van der Waals surface area contributed by atoms with Crippen LogP contribution in [0.15, 0.2) is 54.9 Å². The molecule has 0 bridgehead atoms. The molecule has 5 rings (SSSR count). The van der Waals surface area contributed by atoms with Gasteiger partial charge in [-0.1, -0.05) is 29.8 Å². The highest BCUT2D eigenvalue weighted by Gasteiger charge is 2.22. The summed E-state index contributed by atoms with van der Waals surface area (Å²) in [6.45, 7) is 1.94. The van der Waals surface area contributed by atoms with Crippen molar-refractivity contribution in [1.82, 2.24) is 24.9 Å². The molecule has 3 aromatic heterocycles. The van der Waals surface area contributed by atoms with E-state index in [1.165, 1.54) is 18.5 Å². The van der Waals surface area contributed by atoms with Gasteiger partial charge in [-0.05, 0) is 42.8 Å². The summed E-state index contributed by atoms with van der Waals surface area (Å²) in [4.78, 5) is 21.0. The fourth-order valence-electron chi connectivity index (χ4n) is 3.58. The second-order valence-corrected chi connectivity index (χ2v) is 7.44. The molecular weight excluding hydrogens is 403 g/mol. The maximum absolute atomic E-state index is 14.0. The smallest absolute Gasteiger partial charge is 0.183 e. The zero-order valence-corrected chi connectivity index (χ0v) is 16.7. The number of rotatable bonds is 3. The third-order valence-electron chi connectivity index (χ3n) is 5.10. The standard InChI is InChI=1S/C22H16ClFN6/c1-11(21-29-20(25)19-22(30-21)27-10-26-19)18-14(12-4-2-5-13(24)8-12)9-15-16(23)6-3-7-17(15)28-18/h2-11H,1H3,(H3,25,26,27,29,30)/t11-/m1/s1. The van der Waals surface area contributed by atoms with Crippen molar-refractivity contribution in [3.8, 4) is 11.1 Å². The van der Waals surface area contributed by atoms with E-state index in [1.807, 2.05) is 31.2 Å². The van der Waals surface area contributed by atoms with Gasteiger partial charge in [-0.2, -0.15) is 0 Å². The lowest BCUT2D eigenvalue weighted by molar-refractivity contribution is 0.628. The Balaban J connectivity index is 1.76. The van der Waals surface area contributed by atoms with E-state index < -0.39 is 0 Å². The topological polar surface area (TPSA) is 93.4 Å². The molecule has 3 heterocycles. The number of anilines is 1. The van der Waals surface area contributed by atoms with Crippen LogP contribution in [0.1, 0.15) is 24.4 Å². The minimum Gasteiger partial charge on any atom is -0.382 e. The van der Waals surface area contributed by atoms with Gasteiger partial charge >= 0.3 is 0 Å². The molecule has 0 amide bonds. The lowest BCUT2D eigenvalue weighted by Crippen LogP contribution is -2.09. The predicted molar refractivity (Wildman–Crippen MR) is 116 cm³/mol. The maximum Gasteiger partial charge on any atom is 0.183 e. The van der Waals surface area contributed by atoms with E-state index in [9.17, 15) is 4.39 Å². The van der Waals surface area contributed by atoms with E-state index in [0.29, 0.717) is 39.1 Å². The largest absolute Gasteiger partial charge is 0.382 e. The monoisotopic (exact) mass is 418 g/mol. The molecule has 0 aliphatic carbocycles. The Hall–Kier alpha value is -3.58. The predicted octanol–water partition coefficient (Wildman–Crippen LogP) is 5.09. The summed E-state index contributed by atoms with van der Waals surface area (Å²) < 4.78 is 14.0. The first-order valence-corrected chi connectivity index (χ1v) is 9.70. The number of H-pyrrole nitrogens is 1. The molecule has 0 aliphatic rings. The van der Waals surface area contributed by atoms with Crippen LogP contribution in [0.4, 0.5) is 10.2 Å². The number of halogens is 2. The first-order chi connectivity index (χ1) is 14.5. The molecule has 0 unspecified atom stereocenters. The molecular formula is C22H16ClFN6. The summed E-state index contributed by atoms with van der Waals surface area (Å²) in [7, 11) is 0. The lowest BCUT2D eigenvalue weighted by atomic mass is 9.94. The third kappa shape index (κ3) is 3.04. The minimum absolute atomic E-state index is 0.315. The molecule has 0 spiro atoms. The Bertz CT molecular complexity index is 1410. The maximum atomic E-state index is 14.0. The van der Waals surface area contributed by atoms with Gasteiger partial charge < -0.3 is 10.7 Å². The number of aromatic nitrogens is 5. The molecule has 5 aromatic rings. The molecule has 1 atom stereocenters. The van der Waals surface area contributed by atoms with Gasteiger partial charge in [-0.25, -0.2) is 19.3 Å². The van der Waals surface area contributed by atoms with Gasteiger partial charge in [-0.3, -0.25) is 4.98 Å². The number of hydrogen-bond donors (Lipinski definition) is 2. The molecule has 0 radical (unpaired) electrons. The van der Waals surface area contributed by atoms with E-state index in [0.717, 1.165) is 16.5 Å². The second-order valence-electron chi connectivity index (χ2n) is 7.03. The van der Waals surface area contributed by atoms with Gasteiger partial charge in [0.25, 0.3) is 0 Å². The summed E-state index contributed by atoms with van der Waals surface area (Å²) in [5.74, 6) is 0.146. The van der Waals surface area contributed by atoms with Crippen LogP contribution in [0.3, 0.4) is 0 Å². The van der Waals surface area contributed by atoms with Gasteiger partial charge in [0.2, 0.25) is 0 Å². The van der Waals surface area contributed by atoms with Crippen LogP contribution < -0.4 is 5.73 Å². The van der Waals surface area contributed by atoms with E-state index in [2.05, 4.69) is 19.9 Å². The quantitative estimate of drug-likeness (QED) is 0.425. The Morgan fingerprint density at radius 3 is 2.73 bits per heavy atom. The number of nitrogens with one attached hydrogen (secondary N) is 1. The van der Waals surface area contributed by atoms with Crippen molar-refractivity contribution in [3.05, 3.63) is 77.2 Å². The van der Waals surface area contributed by atoms with Crippen molar-refractivity contribution in [3.63, 3.8) is 0 Å².